The van der Waals surface area contributed by atoms with Crippen LogP contribution in [0.4, 0.5) is 23.2 Å². The summed E-state index contributed by atoms with van der Waals surface area (Å²) >= 11 is 0. The largest absolute Gasteiger partial charge is 0.324 e. The molecular formula is C16H17F4N3O. The van der Waals surface area contributed by atoms with E-state index in [2.05, 4.69) is 10.4 Å². The van der Waals surface area contributed by atoms with Gasteiger partial charge in [-0.2, -0.15) is 5.10 Å². The molecule has 1 unspecified atom stereocenters. The number of halogens is 4. The Hall–Kier alpha value is -2.38. The van der Waals surface area contributed by atoms with Gasteiger partial charge in [0.15, 0.2) is 0 Å². The van der Waals surface area contributed by atoms with Gasteiger partial charge < -0.3 is 5.32 Å². The number of rotatable bonds is 5. The summed E-state index contributed by atoms with van der Waals surface area (Å²) in [7, 11) is 0. The molecule has 0 aliphatic rings. The number of aromatic nitrogens is 2. The molecule has 0 radical (unpaired) electrons. The van der Waals surface area contributed by atoms with Gasteiger partial charge in [-0.15, -0.1) is 0 Å². The van der Waals surface area contributed by atoms with E-state index in [0.717, 1.165) is 11.1 Å². The molecule has 1 heterocycles. The predicted octanol–water partition coefficient (Wildman–Crippen LogP) is 4.57. The molecule has 2 rings (SSSR count). The molecule has 130 valence electrons. The zero-order valence-electron chi connectivity index (χ0n) is 13.4. The third kappa shape index (κ3) is 3.74. The van der Waals surface area contributed by atoms with Crippen LogP contribution in [0.25, 0.3) is 0 Å². The van der Waals surface area contributed by atoms with Crippen LogP contribution in [0.3, 0.4) is 0 Å². The van der Waals surface area contributed by atoms with Crippen molar-refractivity contribution in [3.8, 4) is 0 Å². The van der Waals surface area contributed by atoms with Crippen LogP contribution < -0.4 is 5.32 Å². The number of carbonyl (C=O) groups is 1. The number of nitrogens with one attached hydrogen (secondary N) is 1. The lowest BCUT2D eigenvalue weighted by molar-refractivity contribution is -0.119. The Morgan fingerprint density at radius 3 is 2.38 bits per heavy atom. The van der Waals surface area contributed by atoms with E-state index in [1.165, 1.54) is 6.92 Å². The minimum atomic E-state index is -3.01. The first-order chi connectivity index (χ1) is 11.2. The molecule has 1 N–H and O–H groups in total. The summed E-state index contributed by atoms with van der Waals surface area (Å²) in [5, 5.41) is 6.08. The maximum Gasteiger partial charge on any atom is 0.282 e. The minimum Gasteiger partial charge on any atom is -0.324 e. The first-order valence-electron chi connectivity index (χ1n) is 7.24. The van der Waals surface area contributed by atoms with E-state index >= 15 is 0 Å². The van der Waals surface area contributed by atoms with Crippen molar-refractivity contribution in [1.29, 1.82) is 0 Å². The highest BCUT2D eigenvalue weighted by Gasteiger charge is 2.27. The molecule has 0 spiro atoms. The molecule has 2 aromatic rings. The lowest BCUT2D eigenvalue weighted by Crippen LogP contribution is -2.26. The van der Waals surface area contributed by atoms with E-state index in [4.69, 9.17) is 0 Å². The Morgan fingerprint density at radius 1 is 1.12 bits per heavy atom. The molecular weight excluding hydrogens is 326 g/mol. The normalized spacial score (nSPS) is 12.7. The van der Waals surface area contributed by atoms with Gasteiger partial charge >= 0.3 is 0 Å². The average Bonchev–Trinajstić information content (AvgIpc) is 2.95. The lowest BCUT2D eigenvalue weighted by atomic mass is 10.1. The van der Waals surface area contributed by atoms with Gasteiger partial charge in [-0.3, -0.25) is 9.48 Å². The molecule has 0 saturated heterocycles. The summed E-state index contributed by atoms with van der Waals surface area (Å²) in [6.07, 6.45) is -6.00. The number of amides is 1. The van der Waals surface area contributed by atoms with Crippen molar-refractivity contribution in [2.75, 3.05) is 5.32 Å². The summed E-state index contributed by atoms with van der Waals surface area (Å²) in [6.45, 7) is 4.96. The van der Waals surface area contributed by atoms with Crippen molar-refractivity contribution < 1.29 is 22.4 Å². The molecule has 0 fully saturated rings. The van der Waals surface area contributed by atoms with E-state index in [1.807, 2.05) is 19.1 Å². The molecule has 1 atom stereocenters. The zero-order chi connectivity index (χ0) is 18.0. The third-order valence-corrected chi connectivity index (χ3v) is 3.63. The molecule has 24 heavy (non-hydrogen) atoms. The molecule has 0 aliphatic carbocycles. The third-order valence-electron chi connectivity index (χ3n) is 3.63. The van der Waals surface area contributed by atoms with Gasteiger partial charge in [0.05, 0.1) is 0 Å². The zero-order valence-corrected chi connectivity index (χ0v) is 13.4. The van der Waals surface area contributed by atoms with Gasteiger partial charge in [0.2, 0.25) is 5.91 Å². The van der Waals surface area contributed by atoms with Crippen LogP contribution in [0, 0.1) is 13.8 Å². The van der Waals surface area contributed by atoms with Crippen molar-refractivity contribution in [2.45, 2.75) is 39.7 Å². The highest BCUT2D eigenvalue weighted by molar-refractivity contribution is 5.94. The molecule has 0 bridgehead atoms. The molecule has 1 aromatic heterocycles. The molecule has 1 amide bonds. The van der Waals surface area contributed by atoms with Gasteiger partial charge in [-0.25, -0.2) is 17.6 Å². The fourth-order valence-electron chi connectivity index (χ4n) is 2.23. The van der Waals surface area contributed by atoms with Gasteiger partial charge in [-0.05, 0) is 44.0 Å². The van der Waals surface area contributed by atoms with Crippen LogP contribution in [-0.4, -0.2) is 15.7 Å². The number of nitrogens with zero attached hydrogens (tertiary/aromatic N) is 2. The van der Waals surface area contributed by atoms with E-state index in [1.54, 1.807) is 13.0 Å². The van der Waals surface area contributed by atoms with Crippen molar-refractivity contribution >= 4 is 11.6 Å². The van der Waals surface area contributed by atoms with Gasteiger partial charge in [-0.1, -0.05) is 12.1 Å². The number of aryl methyl sites for hydroxylation is 2. The summed E-state index contributed by atoms with van der Waals surface area (Å²) in [4.78, 5) is 12.3. The lowest BCUT2D eigenvalue weighted by Gasteiger charge is -2.16. The first-order valence-corrected chi connectivity index (χ1v) is 7.24. The minimum absolute atomic E-state index is 0.534. The topological polar surface area (TPSA) is 46.9 Å². The quantitative estimate of drug-likeness (QED) is 0.808. The summed E-state index contributed by atoms with van der Waals surface area (Å²) in [6, 6.07) is 4.87. The molecule has 0 saturated carbocycles. The van der Waals surface area contributed by atoms with Crippen LogP contribution in [0.2, 0.25) is 0 Å². The van der Waals surface area contributed by atoms with E-state index < -0.39 is 36.2 Å². The SMILES string of the molecule is Cc1ccc(C)c(NC(=O)C(C)n2nc(C(F)F)cc2C(F)F)c1. The van der Waals surface area contributed by atoms with Crippen LogP contribution in [-0.2, 0) is 4.79 Å². The molecule has 4 nitrogen and oxygen atoms in total. The Labute approximate surface area is 136 Å². The maximum atomic E-state index is 13.0. The van der Waals surface area contributed by atoms with Crippen molar-refractivity contribution in [1.82, 2.24) is 9.78 Å². The second-order valence-corrected chi connectivity index (χ2v) is 5.52. The second-order valence-electron chi connectivity index (χ2n) is 5.52. The Kier molecular flexibility index (Phi) is 5.26. The number of hydrogen-bond acceptors (Lipinski definition) is 2. The number of hydrogen-bond donors (Lipinski definition) is 1. The van der Waals surface area contributed by atoms with Gasteiger partial charge in [0, 0.05) is 5.69 Å². The number of alkyl halides is 4. The van der Waals surface area contributed by atoms with Crippen molar-refractivity contribution in [3.63, 3.8) is 0 Å². The van der Waals surface area contributed by atoms with E-state index in [9.17, 15) is 22.4 Å². The second kappa shape index (κ2) is 7.02. The first kappa shape index (κ1) is 18.0. The van der Waals surface area contributed by atoms with Gasteiger partial charge in [0.1, 0.15) is 17.4 Å². The number of benzene rings is 1. The van der Waals surface area contributed by atoms with E-state index in [-0.39, 0.29) is 0 Å². The monoisotopic (exact) mass is 343 g/mol. The highest BCUT2D eigenvalue weighted by atomic mass is 19.3. The summed E-state index contributed by atoms with van der Waals surface area (Å²) < 4.78 is 52.1. The van der Waals surface area contributed by atoms with Crippen molar-refractivity contribution in [2.24, 2.45) is 0 Å². The van der Waals surface area contributed by atoms with Crippen LogP contribution in [0.15, 0.2) is 24.3 Å². The predicted molar refractivity (Wildman–Crippen MR) is 81.4 cm³/mol. The average molecular weight is 343 g/mol. The van der Waals surface area contributed by atoms with Crippen LogP contribution in [0.1, 0.15) is 48.3 Å². The molecule has 1 aromatic carbocycles. The fourth-order valence-corrected chi connectivity index (χ4v) is 2.23. The van der Waals surface area contributed by atoms with Crippen LogP contribution >= 0.6 is 0 Å². The Morgan fingerprint density at radius 2 is 1.79 bits per heavy atom. The van der Waals surface area contributed by atoms with E-state index in [0.29, 0.717) is 16.4 Å². The summed E-state index contributed by atoms with van der Waals surface area (Å²) in [5.74, 6) is -0.616. The van der Waals surface area contributed by atoms with Gasteiger partial charge in [0.25, 0.3) is 12.9 Å². The standard InChI is InChI=1S/C16H17F4N3O/c1-8-4-5-9(2)11(6-8)21-16(24)10(3)23-13(15(19)20)7-12(22-23)14(17)18/h4-7,10,14-15H,1-3H3,(H,21,24). The smallest absolute Gasteiger partial charge is 0.282 e. The van der Waals surface area contributed by atoms with Crippen molar-refractivity contribution in [3.05, 3.63) is 46.8 Å². The van der Waals surface area contributed by atoms with Crippen LogP contribution in [0.5, 0.6) is 0 Å². The molecule has 8 heteroatoms. The fraction of sp³-hybridized carbons (Fsp3) is 0.375. The maximum absolute atomic E-state index is 13.0. The number of carbonyl (C=O) groups excluding carboxylic acids is 1. The summed E-state index contributed by atoms with van der Waals surface area (Å²) in [5.41, 5.74) is 0.747. The Bertz CT molecular complexity index is 743. The number of anilines is 1. The molecule has 0 aliphatic heterocycles. The Balaban J connectivity index is 2.29. The highest BCUT2D eigenvalue weighted by Crippen LogP contribution is 2.28.